The summed E-state index contributed by atoms with van der Waals surface area (Å²) in [5.41, 5.74) is 8.07. The lowest BCUT2D eigenvalue weighted by Gasteiger charge is -2.05. The van der Waals surface area contributed by atoms with Crippen LogP contribution in [0.2, 0.25) is 0 Å². The second-order valence-electron chi connectivity index (χ2n) is 5.95. The van der Waals surface area contributed by atoms with E-state index in [0.29, 0.717) is 17.1 Å². The normalized spacial score (nSPS) is 11.3. The van der Waals surface area contributed by atoms with Gasteiger partial charge in [-0.15, -0.1) is 0 Å². The molecule has 10 heteroatoms. The van der Waals surface area contributed by atoms with Crippen molar-refractivity contribution >= 4 is 34.7 Å². The van der Waals surface area contributed by atoms with E-state index in [9.17, 15) is 20.2 Å². The van der Waals surface area contributed by atoms with Gasteiger partial charge in [0.25, 0.3) is 11.4 Å². The van der Waals surface area contributed by atoms with Gasteiger partial charge in [0.15, 0.2) is 0 Å². The maximum atomic E-state index is 10.8. The van der Waals surface area contributed by atoms with Gasteiger partial charge in [0, 0.05) is 29.8 Å². The Morgan fingerprint density at radius 2 is 1.23 bits per heavy atom. The number of benzene rings is 3. The SMILES string of the molecule is O=[N+]([O-])c1ccc(NN=CC(=NNc2ccc([N+](=O)[O-])cc2)c2ccccc2)cc1. The van der Waals surface area contributed by atoms with Crippen molar-refractivity contribution in [1.82, 2.24) is 0 Å². The van der Waals surface area contributed by atoms with E-state index < -0.39 is 9.85 Å². The summed E-state index contributed by atoms with van der Waals surface area (Å²) in [5, 5.41) is 29.9. The first-order valence-corrected chi connectivity index (χ1v) is 8.70. The molecule has 3 aromatic carbocycles. The average Bonchev–Trinajstić information content (AvgIpc) is 2.77. The molecular formula is C20H16N6O4. The van der Waals surface area contributed by atoms with E-state index >= 15 is 0 Å². The molecule has 0 radical (unpaired) electrons. The zero-order valence-corrected chi connectivity index (χ0v) is 15.5. The highest BCUT2D eigenvalue weighted by atomic mass is 16.6. The van der Waals surface area contributed by atoms with Crippen molar-refractivity contribution in [1.29, 1.82) is 0 Å². The molecule has 30 heavy (non-hydrogen) atoms. The van der Waals surface area contributed by atoms with E-state index in [1.807, 2.05) is 30.3 Å². The summed E-state index contributed by atoms with van der Waals surface area (Å²) in [6.07, 6.45) is 1.50. The molecule has 0 aliphatic heterocycles. The van der Waals surface area contributed by atoms with Crippen LogP contribution in [0.1, 0.15) is 5.56 Å². The highest BCUT2D eigenvalue weighted by Crippen LogP contribution is 2.16. The van der Waals surface area contributed by atoms with Crippen LogP contribution in [0.3, 0.4) is 0 Å². The van der Waals surface area contributed by atoms with Crippen molar-refractivity contribution in [2.24, 2.45) is 10.2 Å². The lowest BCUT2D eigenvalue weighted by atomic mass is 10.1. The smallest absolute Gasteiger partial charge is 0.269 e. The van der Waals surface area contributed by atoms with E-state index in [1.54, 1.807) is 24.3 Å². The first-order valence-electron chi connectivity index (χ1n) is 8.70. The quantitative estimate of drug-likeness (QED) is 0.324. The predicted octanol–water partition coefficient (Wildman–Crippen LogP) is 4.42. The van der Waals surface area contributed by atoms with Crippen LogP contribution in [-0.2, 0) is 0 Å². The molecule has 0 saturated carbocycles. The van der Waals surface area contributed by atoms with Gasteiger partial charge < -0.3 is 0 Å². The van der Waals surface area contributed by atoms with Crippen molar-refractivity contribution in [3.8, 4) is 0 Å². The minimum absolute atomic E-state index is 0.0108. The molecular weight excluding hydrogens is 388 g/mol. The second-order valence-corrected chi connectivity index (χ2v) is 5.95. The monoisotopic (exact) mass is 404 g/mol. The van der Waals surface area contributed by atoms with Crippen molar-refractivity contribution in [2.75, 3.05) is 10.9 Å². The minimum atomic E-state index is -0.475. The average molecular weight is 404 g/mol. The Bertz CT molecular complexity index is 1080. The van der Waals surface area contributed by atoms with Gasteiger partial charge >= 0.3 is 0 Å². The molecule has 0 aliphatic rings. The number of nitrogens with zero attached hydrogens (tertiary/aromatic N) is 4. The maximum Gasteiger partial charge on any atom is 0.269 e. The Balaban J connectivity index is 1.75. The summed E-state index contributed by atoms with van der Waals surface area (Å²) in [5.74, 6) is 0. The third-order valence-electron chi connectivity index (χ3n) is 3.91. The molecule has 0 bridgehead atoms. The fourth-order valence-electron chi connectivity index (χ4n) is 2.38. The fraction of sp³-hybridized carbons (Fsp3) is 0. The molecule has 0 aromatic heterocycles. The van der Waals surface area contributed by atoms with Crippen LogP contribution < -0.4 is 10.9 Å². The maximum absolute atomic E-state index is 10.8. The number of anilines is 2. The van der Waals surface area contributed by atoms with E-state index in [-0.39, 0.29) is 11.4 Å². The molecule has 2 N–H and O–H groups in total. The Morgan fingerprint density at radius 1 is 0.733 bits per heavy atom. The van der Waals surface area contributed by atoms with Gasteiger partial charge in [-0.05, 0) is 24.3 Å². The van der Waals surface area contributed by atoms with E-state index in [0.717, 1.165) is 5.56 Å². The number of nitro benzene ring substituents is 2. The Morgan fingerprint density at radius 3 is 1.73 bits per heavy atom. The highest BCUT2D eigenvalue weighted by Gasteiger charge is 2.05. The van der Waals surface area contributed by atoms with Gasteiger partial charge in [0.05, 0.1) is 27.4 Å². The topological polar surface area (TPSA) is 135 Å². The molecule has 0 amide bonds. The molecule has 0 unspecified atom stereocenters. The number of hydrogen-bond donors (Lipinski definition) is 2. The fourth-order valence-corrected chi connectivity index (χ4v) is 2.38. The molecule has 0 spiro atoms. The first-order chi connectivity index (χ1) is 14.5. The number of rotatable bonds is 8. The third-order valence-corrected chi connectivity index (χ3v) is 3.91. The van der Waals surface area contributed by atoms with Gasteiger partial charge in [-0.25, -0.2) is 0 Å². The molecule has 3 aromatic rings. The van der Waals surface area contributed by atoms with Crippen molar-refractivity contribution < 1.29 is 9.85 Å². The van der Waals surface area contributed by atoms with Crippen LogP contribution in [-0.4, -0.2) is 21.8 Å². The highest BCUT2D eigenvalue weighted by molar-refractivity contribution is 6.38. The van der Waals surface area contributed by atoms with Crippen LogP contribution >= 0.6 is 0 Å². The van der Waals surface area contributed by atoms with Crippen LogP contribution in [0.4, 0.5) is 22.7 Å². The van der Waals surface area contributed by atoms with Crippen LogP contribution in [0, 0.1) is 20.2 Å². The van der Waals surface area contributed by atoms with Gasteiger partial charge in [-0.2, -0.15) is 10.2 Å². The Labute approximate surface area is 170 Å². The zero-order valence-electron chi connectivity index (χ0n) is 15.5. The van der Waals surface area contributed by atoms with Crippen molar-refractivity contribution in [3.63, 3.8) is 0 Å². The van der Waals surface area contributed by atoms with Crippen molar-refractivity contribution in [2.45, 2.75) is 0 Å². The standard InChI is InChI=1S/C20H16N6O4/c27-25(28)18-10-6-16(7-11-18)22-21-14-20(15-4-2-1-3-5-15)24-23-17-8-12-19(13-9-17)26(29)30/h1-14,22-23H. The summed E-state index contributed by atoms with van der Waals surface area (Å²) < 4.78 is 0. The zero-order chi connectivity index (χ0) is 21.3. The molecule has 150 valence electrons. The van der Waals surface area contributed by atoms with E-state index in [1.165, 1.54) is 30.5 Å². The number of non-ortho nitro benzene ring substituents is 2. The molecule has 0 heterocycles. The summed E-state index contributed by atoms with van der Waals surface area (Å²) >= 11 is 0. The van der Waals surface area contributed by atoms with Gasteiger partial charge in [-0.1, -0.05) is 30.3 Å². The number of nitro groups is 2. The van der Waals surface area contributed by atoms with E-state index in [4.69, 9.17) is 0 Å². The van der Waals surface area contributed by atoms with Crippen LogP contribution in [0.5, 0.6) is 0 Å². The molecule has 0 atom stereocenters. The van der Waals surface area contributed by atoms with Crippen molar-refractivity contribution in [3.05, 3.63) is 105 Å². The molecule has 3 rings (SSSR count). The van der Waals surface area contributed by atoms with E-state index in [2.05, 4.69) is 21.1 Å². The third kappa shape index (κ3) is 5.45. The largest absolute Gasteiger partial charge is 0.278 e. The van der Waals surface area contributed by atoms with Crippen LogP contribution in [0.25, 0.3) is 0 Å². The summed E-state index contributed by atoms with van der Waals surface area (Å²) in [7, 11) is 0. The van der Waals surface area contributed by atoms with Gasteiger partial charge in [0.1, 0.15) is 5.71 Å². The number of hydrogen-bond acceptors (Lipinski definition) is 8. The molecule has 0 aliphatic carbocycles. The Kier molecular flexibility index (Phi) is 6.41. The molecule has 0 fully saturated rings. The second kappa shape index (κ2) is 9.55. The predicted molar refractivity (Wildman–Crippen MR) is 115 cm³/mol. The van der Waals surface area contributed by atoms with Gasteiger partial charge in [-0.3, -0.25) is 31.1 Å². The lowest BCUT2D eigenvalue weighted by molar-refractivity contribution is -0.385. The Hall–Kier alpha value is -4.60. The molecule has 10 nitrogen and oxygen atoms in total. The number of hydrazone groups is 2. The molecule has 0 saturated heterocycles. The minimum Gasteiger partial charge on any atom is -0.278 e. The first kappa shape index (κ1) is 20.1. The number of nitrogens with one attached hydrogen (secondary N) is 2. The lowest BCUT2D eigenvalue weighted by Crippen LogP contribution is -2.07. The summed E-state index contributed by atoms with van der Waals surface area (Å²) in [4.78, 5) is 20.5. The summed E-state index contributed by atoms with van der Waals surface area (Å²) in [6.45, 7) is 0. The summed E-state index contributed by atoms with van der Waals surface area (Å²) in [6, 6.07) is 21.0. The van der Waals surface area contributed by atoms with Crippen LogP contribution in [0.15, 0.2) is 89.1 Å². The van der Waals surface area contributed by atoms with Gasteiger partial charge in [0.2, 0.25) is 0 Å².